The van der Waals surface area contributed by atoms with Gasteiger partial charge in [0.25, 0.3) is 0 Å². The molecule has 0 fully saturated rings. The number of hydrogen-bond acceptors (Lipinski definition) is 3. The summed E-state index contributed by atoms with van der Waals surface area (Å²) in [6, 6.07) is 8.40. The Morgan fingerprint density at radius 1 is 1.41 bits per heavy atom. The van der Waals surface area contributed by atoms with Gasteiger partial charge in [0.1, 0.15) is 5.75 Å². The molecule has 0 saturated heterocycles. The van der Waals surface area contributed by atoms with E-state index in [-0.39, 0.29) is 0 Å². The van der Waals surface area contributed by atoms with E-state index in [2.05, 4.69) is 30.1 Å². The van der Waals surface area contributed by atoms with Crippen LogP contribution in [0.25, 0.3) is 0 Å². The number of fused-ring (bicyclic) bond motifs is 1. The molecule has 94 valence electrons. The van der Waals surface area contributed by atoms with Gasteiger partial charge in [-0.05, 0) is 44.6 Å². The second-order valence-electron chi connectivity index (χ2n) is 4.78. The lowest BCUT2D eigenvalue weighted by atomic mass is 9.92. The van der Waals surface area contributed by atoms with Crippen molar-refractivity contribution in [1.82, 2.24) is 4.90 Å². The molecule has 1 aliphatic rings. The number of benzene rings is 1. The fourth-order valence-corrected chi connectivity index (χ4v) is 2.43. The van der Waals surface area contributed by atoms with Crippen LogP contribution in [-0.4, -0.2) is 38.2 Å². The number of para-hydroxylation sites is 1. The maximum Gasteiger partial charge on any atom is 0.122 e. The predicted octanol–water partition coefficient (Wildman–Crippen LogP) is 1.83. The fraction of sp³-hybridized carbons (Fsp3) is 0.571. The summed E-state index contributed by atoms with van der Waals surface area (Å²) in [6.45, 7) is 3.79. The number of rotatable bonds is 5. The molecule has 0 spiro atoms. The summed E-state index contributed by atoms with van der Waals surface area (Å²) in [6.07, 6.45) is 2.19. The van der Waals surface area contributed by atoms with E-state index in [1.807, 2.05) is 6.07 Å². The first-order valence-electron chi connectivity index (χ1n) is 6.41. The lowest BCUT2D eigenvalue weighted by Crippen LogP contribution is -2.29. The lowest BCUT2D eigenvalue weighted by molar-refractivity contribution is 0.231. The number of nitrogens with zero attached hydrogens (tertiary/aromatic N) is 1. The Kier molecular flexibility index (Phi) is 4.40. The molecule has 0 saturated carbocycles. The summed E-state index contributed by atoms with van der Waals surface area (Å²) in [5.41, 5.74) is 6.90. The van der Waals surface area contributed by atoms with Crippen LogP contribution in [0.2, 0.25) is 0 Å². The van der Waals surface area contributed by atoms with Crippen molar-refractivity contribution in [3.63, 3.8) is 0 Å². The zero-order valence-electron chi connectivity index (χ0n) is 10.6. The van der Waals surface area contributed by atoms with Gasteiger partial charge >= 0.3 is 0 Å². The highest BCUT2D eigenvalue weighted by atomic mass is 16.5. The number of nitrogens with two attached hydrogens (primary N) is 1. The van der Waals surface area contributed by atoms with Gasteiger partial charge in [-0.25, -0.2) is 0 Å². The molecule has 0 bridgehead atoms. The molecule has 3 heteroatoms. The first-order chi connectivity index (χ1) is 8.31. The van der Waals surface area contributed by atoms with Gasteiger partial charge in [-0.3, -0.25) is 0 Å². The molecule has 1 aliphatic heterocycles. The number of ether oxygens (including phenoxy) is 1. The Bertz CT molecular complexity index is 354. The van der Waals surface area contributed by atoms with E-state index < -0.39 is 0 Å². The molecule has 1 aromatic carbocycles. The van der Waals surface area contributed by atoms with Crippen LogP contribution < -0.4 is 10.5 Å². The van der Waals surface area contributed by atoms with Crippen LogP contribution in [-0.2, 0) is 0 Å². The molecule has 0 radical (unpaired) electrons. The summed E-state index contributed by atoms with van der Waals surface area (Å²) in [7, 11) is 2.17. The van der Waals surface area contributed by atoms with Gasteiger partial charge < -0.3 is 15.4 Å². The topological polar surface area (TPSA) is 38.5 Å². The Hall–Kier alpha value is -1.06. The highest BCUT2D eigenvalue weighted by molar-refractivity contribution is 5.37. The second kappa shape index (κ2) is 6.03. The number of likely N-dealkylation sites (N-methyl/N-ethyl adjacent to an activating group) is 1. The SMILES string of the molecule is CN(CCCN)CC1CCOc2ccccc21. The molecule has 17 heavy (non-hydrogen) atoms. The van der Waals surface area contributed by atoms with Gasteiger partial charge in [0.05, 0.1) is 6.61 Å². The van der Waals surface area contributed by atoms with E-state index in [1.165, 1.54) is 5.56 Å². The predicted molar refractivity (Wildman–Crippen MR) is 70.5 cm³/mol. The third kappa shape index (κ3) is 3.20. The van der Waals surface area contributed by atoms with Gasteiger partial charge in [-0.1, -0.05) is 18.2 Å². The van der Waals surface area contributed by atoms with E-state index in [1.54, 1.807) is 0 Å². The first kappa shape index (κ1) is 12.4. The van der Waals surface area contributed by atoms with Crippen LogP contribution in [0.1, 0.15) is 24.3 Å². The van der Waals surface area contributed by atoms with Gasteiger partial charge in [0.2, 0.25) is 0 Å². The van der Waals surface area contributed by atoms with E-state index in [4.69, 9.17) is 10.5 Å². The van der Waals surface area contributed by atoms with Crippen molar-refractivity contribution in [3.05, 3.63) is 29.8 Å². The minimum atomic E-state index is 0.600. The monoisotopic (exact) mass is 234 g/mol. The summed E-state index contributed by atoms with van der Waals surface area (Å²) in [4.78, 5) is 2.37. The smallest absolute Gasteiger partial charge is 0.122 e. The lowest BCUT2D eigenvalue weighted by Gasteiger charge is -2.29. The van der Waals surface area contributed by atoms with Gasteiger partial charge in [0.15, 0.2) is 0 Å². The summed E-state index contributed by atoms with van der Waals surface area (Å²) in [5, 5.41) is 0. The number of hydrogen-bond donors (Lipinski definition) is 1. The third-order valence-electron chi connectivity index (χ3n) is 3.36. The molecule has 0 aromatic heterocycles. The van der Waals surface area contributed by atoms with Gasteiger partial charge in [-0.2, -0.15) is 0 Å². The highest BCUT2D eigenvalue weighted by Gasteiger charge is 2.21. The molecule has 1 aromatic rings. The van der Waals surface area contributed by atoms with Crippen molar-refractivity contribution in [2.45, 2.75) is 18.8 Å². The first-order valence-corrected chi connectivity index (χ1v) is 6.41. The third-order valence-corrected chi connectivity index (χ3v) is 3.36. The molecule has 1 unspecified atom stereocenters. The Morgan fingerprint density at radius 2 is 2.24 bits per heavy atom. The highest BCUT2D eigenvalue weighted by Crippen LogP contribution is 2.33. The average molecular weight is 234 g/mol. The summed E-state index contributed by atoms with van der Waals surface area (Å²) in [5.74, 6) is 1.67. The van der Waals surface area contributed by atoms with Gasteiger partial charge in [-0.15, -0.1) is 0 Å². The molecule has 3 nitrogen and oxygen atoms in total. The molecule has 1 heterocycles. The molecular weight excluding hydrogens is 212 g/mol. The standard InChI is InChI=1S/C14H22N2O/c1-16(9-4-8-15)11-12-7-10-17-14-6-3-2-5-13(12)14/h2-3,5-6,12H,4,7-11,15H2,1H3. The molecule has 2 N–H and O–H groups in total. The fourth-order valence-electron chi connectivity index (χ4n) is 2.43. The minimum absolute atomic E-state index is 0.600. The van der Waals surface area contributed by atoms with Crippen LogP contribution in [0.5, 0.6) is 5.75 Å². The van der Waals surface area contributed by atoms with Crippen LogP contribution in [0.15, 0.2) is 24.3 Å². The Labute approximate surface area is 104 Å². The van der Waals surface area contributed by atoms with Crippen LogP contribution in [0.3, 0.4) is 0 Å². The van der Waals surface area contributed by atoms with Crippen molar-refractivity contribution in [1.29, 1.82) is 0 Å². The Balaban J connectivity index is 1.98. The molecule has 1 atom stereocenters. The Morgan fingerprint density at radius 3 is 3.06 bits per heavy atom. The van der Waals surface area contributed by atoms with Crippen molar-refractivity contribution in [2.75, 3.05) is 33.3 Å². The van der Waals surface area contributed by atoms with Crippen molar-refractivity contribution < 1.29 is 4.74 Å². The van der Waals surface area contributed by atoms with E-state index >= 15 is 0 Å². The van der Waals surface area contributed by atoms with E-state index in [0.717, 1.165) is 44.8 Å². The van der Waals surface area contributed by atoms with Crippen LogP contribution in [0.4, 0.5) is 0 Å². The maximum absolute atomic E-state index is 5.68. The van der Waals surface area contributed by atoms with Crippen molar-refractivity contribution >= 4 is 0 Å². The maximum atomic E-state index is 5.68. The molecular formula is C14H22N2O. The van der Waals surface area contributed by atoms with Crippen molar-refractivity contribution in [3.8, 4) is 5.75 Å². The minimum Gasteiger partial charge on any atom is -0.493 e. The summed E-state index contributed by atoms with van der Waals surface area (Å²) < 4.78 is 5.68. The molecule has 0 aliphatic carbocycles. The average Bonchev–Trinajstić information content (AvgIpc) is 2.37. The zero-order chi connectivity index (χ0) is 12.1. The van der Waals surface area contributed by atoms with Crippen LogP contribution in [0, 0.1) is 0 Å². The van der Waals surface area contributed by atoms with Crippen molar-refractivity contribution in [2.24, 2.45) is 5.73 Å². The van der Waals surface area contributed by atoms with Gasteiger partial charge in [0, 0.05) is 12.5 Å². The normalized spacial score (nSPS) is 18.9. The quantitative estimate of drug-likeness (QED) is 0.844. The molecule has 2 rings (SSSR count). The zero-order valence-corrected chi connectivity index (χ0v) is 10.6. The summed E-state index contributed by atoms with van der Waals surface area (Å²) >= 11 is 0. The molecule has 0 amide bonds. The van der Waals surface area contributed by atoms with E-state index in [0.29, 0.717) is 5.92 Å². The second-order valence-corrected chi connectivity index (χ2v) is 4.78. The van der Waals surface area contributed by atoms with E-state index in [9.17, 15) is 0 Å². The largest absolute Gasteiger partial charge is 0.493 e. The van der Waals surface area contributed by atoms with Crippen LogP contribution >= 0.6 is 0 Å².